The number of rotatable bonds is 8. The van der Waals surface area contributed by atoms with Crippen molar-refractivity contribution in [3.8, 4) is 5.75 Å². The molecule has 0 spiro atoms. The molecule has 2 rings (SSSR count). The lowest BCUT2D eigenvalue weighted by atomic mass is 10.1. The third-order valence-corrected chi connectivity index (χ3v) is 4.41. The Hall–Kier alpha value is -2.53. The van der Waals surface area contributed by atoms with Gasteiger partial charge in [-0.25, -0.2) is 0 Å². The molecule has 0 unspecified atom stereocenters. The highest BCUT2D eigenvalue weighted by atomic mass is 35.5. The highest BCUT2D eigenvalue weighted by Crippen LogP contribution is 2.20. The fraction of sp³-hybridized carbons (Fsp3) is 0.300. The predicted molar refractivity (Wildman–Crippen MR) is 102 cm³/mol. The van der Waals surface area contributed by atoms with Gasteiger partial charge in [-0.1, -0.05) is 54.9 Å². The van der Waals surface area contributed by atoms with Crippen LogP contribution in [0, 0.1) is 0 Å². The lowest BCUT2D eigenvalue weighted by molar-refractivity contribution is -0.142. The van der Waals surface area contributed by atoms with E-state index in [-0.39, 0.29) is 25.0 Å². The molecular weight excluding hydrogens is 352 g/mol. The monoisotopic (exact) mass is 374 g/mol. The first-order chi connectivity index (χ1) is 12.6. The number of para-hydroxylation sites is 1. The smallest absolute Gasteiger partial charge is 0.261 e. The molecule has 2 amide bonds. The maximum atomic E-state index is 12.8. The van der Waals surface area contributed by atoms with Crippen LogP contribution >= 0.6 is 11.6 Å². The Labute approximate surface area is 158 Å². The molecule has 0 heterocycles. The standard InChI is InChI=1S/C20H23ClN2O3/c1-3-18(20(25)22-2)23(13-15-9-7-8-12-17(15)21)19(24)14-26-16-10-5-4-6-11-16/h4-12,18H,3,13-14H2,1-2H3,(H,22,25)/t18-/m0/s1. The Bertz CT molecular complexity index is 737. The SMILES string of the molecule is CC[C@@H](C(=O)NC)N(Cc1ccccc1Cl)C(=O)COc1ccccc1. The van der Waals surface area contributed by atoms with Gasteiger partial charge in [-0.3, -0.25) is 9.59 Å². The van der Waals surface area contributed by atoms with E-state index in [1.54, 1.807) is 25.2 Å². The molecule has 0 bridgehead atoms. The molecule has 138 valence electrons. The van der Waals surface area contributed by atoms with Crippen LogP contribution in [0.25, 0.3) is 0 Å². The molecule has 0 saturated carbocycles. The van der Waals surface area contributed by atoms with E-state index in [0.29, 0.717) is 17.2 Å². The summed E-state index contributed by atoms with van der Waals surface area (Å²) in [7, 11) is 1.56. The van der Waals surface area contributed by atoms with Gasteiger partial charge >= 0.3 is 0 Å². The number of carbonyl (C=O) groups excluding carboxylic acids is 2. The first kappa shape index (κ1) is 19.8. The molecule has 0 aliphatic carbocycles. The van der Waals surface area contributed by atoms with Crippen LogP contribution in [-0.4, -0.2) is 36.4 Å². The number of ether oxygens (including phenoxy) is 1. The predicted octanol–water partition coefficient (Wildman–Crippen LogP) is 3.27. The third-order valence-electron chi connectivity index (χ3n) is 4.04. The van der Waals surface area contributed by atoms with E-state index < -0.39 is 6.04 Å². The lowest BCUT2D eigenvalue weighted by Gasteiger charge is -2.30. The molecule has 0 aliphatic rings. The zero-order valence-corrected chi connectivity index (χ0v) is 15.7. The van der Waals surface area contributed by atoms with Gasteiger partial charge < -0.3 is 15.0 Å². The van der Waals surface area contributed by atoms with Crippen molar-refractivity contribution in [3.63, 3.8) is 0 Å². The maximum Gasteiger partial charge on any atom is 0.261 e. The second kappa shape index (κ2) is 9.82. The Balaban J connectivity index is 2.19. The molecule has 0 fully saturated rings. The van der Waals surface area contributed by atoms with E-state index in [1.165, 1.54) is 4.90 Å². The summed E-state index contributed by atoms with van der Waals surface area (Å²) in [5.74, 6) is 0.114. The van der Waals surface area contributed by atoms with E-state index >= 15 is 0 Å². The maximum absolute atomic E-state index is 12.8. The second-order valence-corrected chi connectivity index (χ2v) is 6.16. The Morgan fingerprint density at radius 3 is 2.38 bits per heavy atom. The summed E-state index contributed by atoms with van der Waals surface area (Å²) >= 11 is 6.24. The van der Waals surface area contributed by atoms with Crippen LogP contribution in [0.4, 0.5) is 0 Å². The van der Waals surface area contributed by atoms with Crippen molar-refractivity contribution in [1.82, 2.24) is 10.2 Å². The van der Waals surface area contributed by atoms with E-state index in [4.69, 9.17) is 16.3 Å². The van der Waals surface area contributed by atoms with Gasteiger partial charge in [0.2, 0.25) is 5.91 Å². The number of likely N-dealkylation sites (N-methyl/N-ethyl adjacent to an activating group) is 1. The number of carbonyl (C=O) groups is 2. The molecule has 2 aromatic carbocycles. The molecule has 5 nitrogen and oxygen atoms in total. The molecule has 0 radical (unpaired) electrons. The number of nitrogens with zero attached hydrogens (tertiary/aromatic N) is 1. The zero-order chi connectivity index (χ0) is 18.9. The molecule has 26 heavy (non-hydrogen) atoms. The number of hydrogen-bond donors (Lipinski definition) is 1. The highest BCUT2D eigenvalue weighted by Gasteiger charge is 2.28. The second-order valence-electron chi connectivity index (χ2n) is 5.75. The van der Waals surface area contributed by atoms with Crippen molar-refractivity contribution < 1.29 is 14.3 Å². The van der Waals surface area contributed by atoms with Crippen LogP contribution in [0.5, 0.6) is 5.75 Å². The minimum absolute atomic E-state index is 0.151. The molecule has 1 N–H and O–H groups in total. The topological polar surface area (TPSA) is 58.6 Å². The van der Waals surface area contributed by atoms with E-state index in [9.17, 15) is 9.59 Å². The quantitative estimate of drug-likeness (QED) is 0.771. The Morgan fingerprint density at radius 2 is 1.77 bits per heavy atom. The van der Waals surface area contributed by atoms with Crippen molar-refractivity contribution in [2.24, 2.45) is 0 Å². The van der Waals surface area contributed by atoms with Gasteiger partial charge in [0.25, 0.3) is 5.91 Å². The fourth-order valence-corrected chi connectivity index (χ4v) is 2.84. The van der Waals surface area contributed by atoms with Gasteiger partial charge in [-0.2, -0.15) is 0 Å². The molecule has 0 aromatic heterocycles. The number of hydrogen-bond acceptors (Lipinski definition) is 3. The molecule has 1 atom stereocenters. The summed E-state index contributed by atoms with van der Waals surface area (Å²) in [6.45, 7) is 1.95. The van der Waals surface area contributed by atoms with Crippen molar-refractivity contribution in [1.29, 1.82) is 0 Å². The van der Waals surface area contributed by atoms with E-state index in [2.05, 4.69) is 5.32 Å². The van der Waals surface area contributed by atoms with Crippen LogP contribution < -0.4 is 10.1 Å². The van der Waals surface area contributed by atoms with Gasteiger partial charge in [-0.05, 0) is 30.2 Å². The first-order valence-electron chi connectivity index (χ1n) is 8.49. The van der Waals surface area contributed by atoms with Crippen molar-refractivity contribution in [2.45, 2.75) is 25.9 Å². The molecule has 0 aliphatic heterocycles. The van der Waals surface area contributed by atoms with Crippen molar-refractivity contribution in [2.75, 3.05) is 13.7 Å². The summed E-state index contributed by atoms with van der Waals surface area (Å²) in [6.07, 6.45) is 0.487. The summed E-state index contributed by atoms with van der Waals surface area (Å²) in [5, 5.41) is 3.18. The number of nitrogens with one attached hydrogen (secondary N) is 1. The van der Waals surface area contributed by atoms with Gasteiger partial charge in [-0.15, -0.1) is 0 Å². The molecule has 2 aromatic rings. The van der Waals surface area contributed by atoms with Gasteiger partial charge in [0.15, 0.2) is 6.61 Å². The Kier molecular flexibility index (Phi) is 7.48. The summed E-state index contributed by atoms with van der Waals surface area (Å²) in [6, 6.07) is 15.8. The van der Waals surface area contributed by atoms with Crippen LogP contribution in [0.15, 0.2) is 54.6 Å². The lowest BCUT2D eigenvalue weighted by Crippen LogP contribution is -2.49. The van der Waals surface area contributed by atoms with Crippen LogP contribution in [0.2, 0.25) is 5.02 Å². The zero-order valence-electron chi connectivity index (χ0n) is 14.9. The average Bonchev–Trinajstić information content (AvgIpc) is 2.67. The van der Waals surface area contributed by atoms with Crippen LogP contribution in [-0.2, 0) is 16.1 Å². The third kappa shape index (κ3) is 5.23. The molecule has 0 saturated heterocycles. The highest BCUT2D eigenvalue weighted by molar-refractivity contribution is 6.31. The van der Waals surface area contributed by atoms with Crippen molar-refractivity contribution in [3.05, 3.63) is 65.2 Å². The van der Waals surface area contributed by atoms with Crippen molar-refractivity contribution >= 4 is 23.4 Å². The largest absolute Gasteiger partial charge is 0.484 e. The van der Waals surface area contributed by atoms with Crippen LogP contribution in [0.1, 0.15) is 18.9 Å². The number of halogens is 1. The van der Waals surface area contributed by atoms with Gasteiger partial charge in [0, 0.05) is 18.6 Å². The number of amides is 2. The number of benzene rings is 2. The van der Waals surface area contributed by atoms with E-state index in [0.717, 1.165) is 5.56 Å². The minimum Gasteiger partial charge on any atom is -0.484 e. The summed E-state index contributed by atoms with van der Waals surface area (Å²) in [4.78, 5) is 26.6. The molecule has 6 heteroatoms. The van der Waals surface area contributed by atoms with Crippen LogP contribution in [0.3, 0.4) is 0 Å². The first-order valence-corrected chi connectivity index (χ1v) is 8.87. The molecular formula is C20H23ClN2O3. The summed E-state index contributed by atoms with van der Waals surface area (Å²) in [5.41, 5.74) is 0.782. The fourth-order valence-electron chi connectivity index (χ4n) is 2.64. The normalized spacial score (nSPS) is 11.5. The summed E-state index contributed by atoms with van der Waals surface area (Å²) < 4.78 is 5.57. The van der Waals surface area contributed by atoms with E-state index in [1.807, 2.05) is 43.3 Å². The average molecular weight is 375 g/mol. The Morgan fingerprint density at radius 1 is 1.12 bits per heavy atom. The van der Waals surface area contributed by atoms with Gasteiger partial charge in [0.05, 0.1) is 0 Å². The minimum atomic E-state index is -0.594. The van der Waals surface area contributed by atoms with Gasteiger partial charge in [0.1, 0.15) is 11.8 Å².